The Balaban J connectivity index is 1.29. The van der Waals surface area contributed by atoms with Crippen LogP contribution in [-0.2, 0) is 11.2 Å². The highest BCUT2D eigenvalue weighted by molar-refractivity contribution is 5.96. The van der Waals surface area contributed by atoms with Crippen LogP contribution >= 0.6 is 0 Å². The average Bonchev–Trinajstić information content (AvgIpc) is 3.46. The molecule has 0 N–H and O–H groups in total. The second-order valence-corrected chi connectivity index (χ2v) is 7.42. The van der Waals surface area contributed by atoms with Gasteiger partial charge in [-0.05, 0) is 37.0 Å². The fourth-order valence-electron chi connectivity index (χ4n) is 3.65. The van der Waals surface area contributed by atoms with Gasteiger partial charge in [-0.3, -0.25) is 4.79 Å². The van der Waals surface area contributed by atoms with E-state index >= 15 is 0 Å². The van der Waals surface area contributed by atoms with Crippen molar-refractivity contribution in [2.75, 3.05) is 31.1 Å². The molecular formula is C22H26N2O. The van der Waals surface area contributed by atoms with Crippen molar-refractivity contribution >= 4 is 11.6 Å². The third-order valence-electron chi connectivity index (χ3n) is 5.29. The Morgan fingerprint density at radius 3 is 2.24 bits per heavy atom. The fraction of sp³-hybridized carbons (Fsp3) is 0.409. The molecule has 4 rings (SSSR count). The minimum absolute atomic E-state index is 0.273. The molecule has 3 heteroatoms. The normalized spacial score (nSPS) is 17.9. The summed E-state index contributed by atoms with van der Waals surface area (Å²) < 4.78 is 0. The standard InChI is InChI=1S/C22H26N2O/c25-22(20-11-12-20)24(21-9-5-2-6-10-21)17-19-15-23(16-19)14-13-18-7-3-1-4-8-18/h1-10,19-20H,11-17H2. The van der Waals surface area contributed by atoms with E-state index in [4.69, 9.17) is 0 Å². The molecule has 1 aliphatic carbocycles. The average molecular weight is 334 g/mol. The number of carbonyl (C=O) groups is 1. The molecule has 2 aromatic carbocycles. The molecule has 0 radical (unpaired) electrons. The van der Waals surface area contributed by atoms with Gasteiger partial charge in [-0.2, -0.15) is 0 Å². The molecule has 0 unspecified atom stereocenters. The van der Waals surface area contributed by atoms with E-state index in [0.717, 1.165) is 51.1 Å². The number of anilines is 1. The number of hydrogen-bond donors (Lipinski definition) is 0. The lowest BCUT2D eigenvalue weighted by Gasteiger charge is -2.41. The molecule has 0 atom stereocenters. The lowest BCUT2D eigenvalue weighted by atomic mass is 9.98. The minimum Gasteiger partial charge on any atom is -0.312 e. The van der Waals surface area contributed by atoms with E-state index in [2.05, 4.69) is 47.4 Å². The second kappa shape index (κ2) is 7.40. The summed E-state index contributed by atoms with van der Waals surface area (Å²) in [5.41, 5.74) is 2.46. The lowest BCUT2D eigenvalue weighted by Crippen LogP contribution is -2.53. The summed E-state index contributed by atoms with van der Waals surface area (Å²) in [6.07, 6.45) is 3.24. The third kappa shape index (κ3) is 4.10. The van der Waals surface area contributed by atoms with Gasteiger partial charge in [0.25, 0.3) is 0 Å². The minimum atomic E-state index is 0.273. The molecule has 0 spiro atoms. The van der Waals surface area contributed by atoms with Gasteiger partial charge in [-0.15, -0.1) is 0 Å². The molecule has 3 nitrogen and oxygen atoms in total. The van der Waals surface area contributed by atoms with Gasteiger partial charge in [0.05, 0.1) is 0 Å². The molecule has 2 aromatic rings. The number of amides is 1. The van der Waals surface area contributed by atoms with Crippen molar-refractivity contribution in [2.45, 2.75) is 19.3 Å². The van der Waals surface area contributed by atoms with Crippen LogP contribution in [0.15, 0.2) is 60.7 Å². The van der Waals surface area contributed by atoms with Gasteiger partial charge < -0.3 is 9.80 Å². The van der Waals surface area contributed by atoms with Crippen LogP contribution in [-0.4, -0.2) is 37.0 Å². The Hall–Kier alpha value is -2.13. The first kappa shape index (κ1) is 16.3. The Kier molecular flexibility index (Phi) is 4.84. The van der Waals surface area contributed by atoms with Gasteiger partial charge in [0.1, 0.15) is 0 Å². The highest BCUT2D eigenvalue weighted by Gasteiger charge is 2.36. The molecule has 2 fully saturated rings. The maximum Gasteiger partial charge on any atom is 0.230 e. The molecule has 1 saturated carbocycles. The molecule has 1 amide bonds. The smallest absolute Gasteiger partial charge is 0.230 e. The summed E-state index contributed by atoms with van der Waals surface area (Å²) in [6.45, 7) is 4.19. The Morgan fingerprint density at radius 2 is 1.60 bits per heavy atom. The molecule has 1 heterocycles. The van der Waals surface area contributed by atoms with Crippen molar-refractivity contribution in [3.63, 3.8) is 0 Å². The van der Waals surface area contributed by atoms with Crippen molar-refractivity contribution in [3.05, 3.63) is 66.2 Å². The molecule has 0 aromatic heterocycles. The summed E-state index contributed by atoms with van der Waals surface area (Å²) in [7, 11) is 0. The first-order chi connectivity index (χ1) is 12.3. The highest BCUT2D eigenvalue weighted by Crippen LogP contribution is 2.33. The third-order valence-corrected chi connectivity index (χ3v) is 5.29. The molecule has 0 bridgehead atoms. The summed E-state index contributed by atoms with van der Waals surface area (Å²) in [4.78, 5) is 17.2. The largest absolute Gasteiger partial charge is 0.312 e. The Morgan fingerprint density at radius 1 is 0.960 bits per heavy atom. The van der Waals surface area contributed by atoms with E-state index in [0.29, 0.717) is 11.8 Å². The van der Waals surface area contributed by atoms with Crippen LogP contribution in [0.25, 0.3) is 0 Å². The molecule has 1 aliphatic heterocycles. The second-order valence-electron chi connectivity index (χ2n) is 7.42. The summed E-state index contributed by atoms with van der Waals surface area (Å²) >= 11 is 0. The van der Waals surface area contributed by atoms with E-state index < -0.39 is 0 Å². The van der Waals surface area contributed by atoms with Gasteiger partial charge in [-0.1, -0.05) is 48.5 Å². The number of hydrogen-bond acceptors (Lipinski definition) is 2. The van der Waals surface area contributed by atoms with Crippen LogP contribution in [0.4, 0.5) is 5.69 Å². The summed E-state index contributed by atoms with van der Waals surface area (Å²) in [6, 6.07) is 20.9. The zero-order valence-electron chi connectivity index (χ0n) is 14.7. The molecule has 1 saturated heterocycles. The van der Waals surface area contributed by atoms with Crippen LogP contribution in [0.2, 0.25) is 0 Å². The van der Waals surface area contributed by atoms with Gasteiger partial charge in [-0.25, -0.2) is 0 Å². The van der Waals surface area contributed by atoms with E-state index in [1.54, 1.807) is 0 Å². The number of rotatable bonds is 7. The van der Waals surface area contributed by atoms with Crippen LogP contribution in [0.5, 0.6) is 0 Å². The van der Waals surface area contributed by atoms with Crippen molar-refractivity contribution in [3.8, 4) is 0 Å². The van der Waals surface area contributed by atoms with Gasteiger partial charge in [0.15, 0.2) is 0 Å². The van der Waals surface area contributed by atoms with Crippen molar-refractivity contribution in [1.29, 1.82) is 0 Å². The Labute approximate surface area is 150 Å². The first-order valence-corrected chi connectivity index (χ1v) is 9.42. The summed E-state index contributed by atoms with van der Waals surface area (Å²) in [5.74, 6) is 1.20. The molecular weight excluding hydrogens is 308 g/mol. The van der Waals surface area contributed by atoms with E-state index in [9.17, 15) is 4.79 Å². The SMILES string of the molecule is O=C(C1CC1)N(CC1CN(CCc2ccccc2)C1)c1ccccc1. The van der Waals surface area contributed by atoms with E-state index in [1.165, 1.54) is 5.56 Å². The van der Waals surface area contributed by atoms with Gasteiger partial charge in [0, 0.05) is 43.7 Å². The Bertz CT molecular complexity index is 690. The van der Waals surface area contributed by atoms with E-state index in [-0.39, 0.29) is 5.92 Å². The van der Waals surface area contributed by atoms with Gasteiger partial charge >= 0.3 is 0 Å². The van der Waals surface area contributed by atoms with Crippen LogP contribution in [0, 0.1) is 11.8 Å². The maximum atomic E-state index is 12.7. The van der Waals surface area contributed by atoms with Crippen LogP contribution in [0.1, 0.15) is 18.4 Å². The lowest BCUT2D eigenvalue weighted by molar-refractivity contribution is -0.120. The zero-order chi connectivity index (χ0) is 17.1. The van der Waals surface area contributed by atoms with Gasteiger partial charge in [0.2, 0.25) is 5.91 Å². The molecule has 2 aliphatic rings. The number of benzene rings is 2. The fourth-order valence-corrected chi connectivity index (χ4v) is 3.65. The maximum absolute atomic E-state index is 12.7. The van der Waals surface area contributed by atoms with Crippen LogP contribution in [0.3, 0.4) is 0 Å². The van der Waals surface area contributed by atoms with Crippen LogP contribution < -0.4 is 4.90 Å². The van der Waals surface area contributed by atoms with Crippen molar-refractivity contribution < 1.29 is 4.79 Å². The number of para-hydroxylation sites is 1. The molecule has 25 heavy (non-hydrogen) atoms. The number of carbonyl (C=O) groups excluding carboxylic acids is 1. The van der Waals surface area contributed by atoms with E-state index in [1.807, 2.05) is 23.1 Å². The first-order valence-electron chi connectivity index (χ1n) is 9.42. The number of likely N-dealkylation sites (tertiary alicyclic amines) is 1. The predicted octanol–water partition coefficient (Wildman–Crippen LogP) is 3.60. The summed E-state index contributed by atoms with van der Waals surface area (Å²) in [5, 5.41) is 0. The highest BCUT2D eigenvalue weighted by atomic mass is 16.2. The zero-order valence-corrected chi connectivity index (χ0v) is 14.7. The number of nitrogens with zero attached hydrogens (tertiary/aromatic N) is 2. The van der Waals surface area contributed by atoms with Crippen molar-refractivity contribution in [1.82, 2.24) is 4.90 Å². The monoisotopic (exact) mass is 334 g/mol. The topological polar surface area (TPSA) is 23.6 Å². The molecule has 130 valence electrons. The quantitative estimate of drug-likeness (QED) is 0.772. The van der Waals surface area contributed by atoms with Crippen molar-refractivity contribution in [2.24, 2.45) is 11.8 Å². The predicted molar refractivity (Wildman–Crippen MR) is 102 cm³/mol.